The summed E-state index contributed by atoms with van der Waals surface area (Å²) in [6, 6.07) is 4.26. The maximum absolute atomic E-state index is 12.3. The topological polar surface area (TPSA) is 20.3 Å². The van der Waals surface area contributed by atoms with E-state index in [0.717, 1.165) is 24.3 Å². The Morgan fingerprint density at radius 3 is 3.06 bits per heavy atom. The molecule has 0 aromatic carbocycles. The average Bonchev–Trinajstić information content (AvgIpc) is 2.71. The second kappa shape index (κ2) is 6.41. The molecule has 1 aromatic rings. The van der Waals surface area contributed by atoms with Crippen LogP contribution in [0.1, 0.15) is 30.6 Å². The lowest BCUT2D eigenvalue weighted by Crippen LogP contribution is -2.41. The Morgan fingerprint density at radius 1 is 1.47 bits per heavy atom. The highest BCUT2D eigenvalue weighted by Crippen LogP contribution is 2.20. The molecule has 2 nitrogen and oxygen atoms in total. The minimum atomic E-state index is 0.236. The van der Waals surface area contributed by atoms with Gasteiger partial charge in [-0.3, -0.25) is 4.79 Å². The number of carbonyl (C=O) groups excluding carboxylic acids is 1. The van der Waals surface area contributed by atoms with Gasteiger partial charge in [-0.25, -0.2) is 0 Å². The lowest BCUT2D eigenvalue weighted by atomic mass is 10.1. The SMILES string of the molecule is O=C(Cc1cccs1)N1CCCCCC1CCl. The number of rotatable bonds is 3. The van der Waals surface area contributed by atoms with Crippen molar-refractivity contribution in [1.82, 2.24) is 4.90 Å². The molecule has 0 saturated carbocycles. The van der Waals surface area contributed by atoms with E-state index >= 15 is 0 Å². The summed E-state index contributed by atoms with van der Waals surface area (Å²) in [5, 5.41) is 2.02. The van der Waals surface area contributed by atoms with Crippen LogP contribution in [0.3, 0.4) is 0 Å². The Bertz CT molecular complexity index is 352. The van der Waals surface area contributed by atoms with E-state index in [2.05, 4.69) is 0 Å². The maximum atomic E-state index is 12.3. The predicted octanol–water partition coefficient (Wildman–Crippen LogP) is 3.30. The first-order valence-electron chi connectivity index (χ1n) is 6.19. The normalized spacial score (nSPS) is 21.2. The zero-order valence-corrected chi connectivity index (χ0v) is 11.5. The summed E-state index contributed by atoms with van der Waals surface area (Å²) in [4.78, 5) is 15.4. The predicted molar refractivity (Wildman–Crippen MR) is 72.7 cm³/mol. The van der Waals surface area contributed by atoms with Crippen molar-refractivity contribution in [1.29, 1.82) is 0 Å². The fourth-order valence-electron chi connectivity index (χ4n) is 2.33. The lowest BCUT2D eigenvalue weighted by molar-refractivity contribution is -0.132. The van der Waals surface area contributed by atoms with E-state index in [1.54, 1.807) is 11.3 Å². The van der Waals surface area contributed by atoms with Gasteiger partial charge in [-0.05, 0) is 24.3 Å². The second-order valence-electron chi connectivity index (χ2n) is 4.50. The molecular weight excluding hydrogens is 254 g/mol. The number of hydrogen-bond acceptors (Lipinski definition) is 2. The summed E-state index contributed by atoms with van der Waals surface area (Å²) in [5.41, 5.74) is 0. The van der Waals surface area contributed by atoms with Gasteiger partial charge in [0.15, 0.2) is 0 Å². The number of alkyl halides is 1. The molecule has 0 spiro atoms. The largest absolute Gasteiger partial charge is 0.338 e. The molecule has 0 N–H and O–H groups in total. The molecule has 1 aliphatic heterocycles. The van der Waals surface area contributed by atoms with Gasteiger partial charge in [0.1, 0.15) is 0 Å². The van der Waals surface area contributed by atoms with Gasteiger partial charge in [0.05, 0.1) is 6.42 Å². The van der Waals surface area contributed by atoms with Gasteiger partial charge in [-0.2, -0.15) is 0 Å². The quantitative estimate of drug-likeness (QED) is 0.773. The third-order valence-corrected chi connectivity index (χ3v) is 4.51. The first kappa shape index (κ1) is 12.9. The number of halogens is 1. The van der Waals surface area contributed by atoms with Crippen LogP contribution in [0.15, 0.2) is 17.5 Å². The number of amides is 1. The van der Waals surface area contributed by atoms with E-state index in [-0.39, 0.29) is 11.9 Å². The van der Waals surface area contributed by atoms with Crippen molar-refractivity contribution in [3.8, 4) is 0 Å². The number of hydrogen-bond donors (Lipinski definition) is 0. The van der Waals surface area contributed by atoms with E-state index in [1.807, 2.05) is 22.4 Å². The van der Waals surface area contributed by atoms with Crippen molar-refractivity contribution in [2.45, 2.75) is 38.1 Å². The summed E-state index contributed by atoms with van der Waals surface area (Å²) in [6.07, 6.45) is 5.12. The van der Waals surface area contributed by atoms with Crippen LogP contribution in [-0.2, 0) is 11.2 Å². The van der Waals surface area contributed by atoms with Crippen LogP contribution in [-0.4, -0.2) is 29.3 Å². The molecule has 0 radical (unpaired) electrons. The number of likely N-dealkylation sites (tertiary alicyclic amines) is 1. The van der Waals surface area contributed by atoms with E-state index in [4.69, 9.17) is 11.6 Å². The van der Waals surface area contributed by atoms with Gasteiger partial charge in [0.25, 0.3) is 0 Å². The van der Waals surface area contributed by atoms with Gasteiger partial charge in [0, 0.05) is 23.3 Å². The second-order valence-corrected chi connectivity index (χ2v) is 5.84. The van der Waals surface area contributed by atoms with Crippen LogP contribution >= 0.6 is 22.9 Å². The molecule has 0 aliphatic carbocycles. The number of nitrogens with zero attached hydrogens (tertiary/aromatic N) is 1. The first-order chi connectivity index (χ1) is 8.31. The summed E-state index contributed by atoms with van der Waals surface area (Å²) in [7, 11) is 0. The van der Waals surface area contributed by atoms with Crippen LogP contribution in [0, 0.1) is 0 Å². The lowest BCUT2D eigenvalue weighted by Gasteiger charge is -2.28. The summed E-state index contributed by atoms with van der Waals surface area (Å²) >= 11 is 7.63. The number of carbonyl (C=O) groups is 1. The van der Waals surface area contributed by atoms with Crippen molar-refractivity contribution in [3.05, 3.63) is 22.4 Å². The molecule has 1 atom stereocenters. The molecule has 1 saturated heterocycles. The Labute approximate surface area is 112 Å². The van der Waals surface area contributed by atoms with Gasteiger partial charge >= 0.3 is 0 Å². The zero-order chi connectivity index (χ0) is 12.1. The molecule has 94 valence electrons. The minimum Gasteiger partial charge on any atom is -0.338 e. The van der Waals surface area contributed by atoms with Gasteiger partial charge in [0.2, 0.25) is 5.91 Å². The fraction of sp³-hybridized carbons (Fsp3) is 0.615. The van der Waals surface area contributed by atoms with Crippen molar-refractivity contribution in [2.24, 2.45) is 0 Å². The molecule has 0 bridgehead atoms. The molecule has 2 rings (SSSR count). The minimum absolute atomic E-state index is 0.236. The van der Waals surface area contributed by atoms with Crippen molar-refractivity contribution in [2.75, 3.05) is 12.4 Å². The molecule has 1 unspecified atom stereocenters. The highest BCUT2D eigenvalue weighted by atomic mass is 35.5. The summed E-state index contributed by atoms with van der Waals surface area (Å²) in [6.45, 7) is 0.877. The maximum Gasteiger partial charge on any atom is 0.228 e. The molecule has 1 aliphatic rings. The molecule has 2 heterocycles. The van der Waals surface area contributed by atoms with Crippen molar-refractivity contribution >= 4 is 28.8 Å². The monoisotopic (exact) mass is 271 g/mol. The Morgan fingerprint density at radius 2 is 2.35 bits per heavy atom. The zero-order valence-electron chi connectivity index (χ0n) is 9.90. The van der Waals surface area contributed by atoms with Gasteiger partial charge in [-0.1, -0.05) is 18.9 Å². The molecule has 17 heavy (non-hydrogen) atoms. The average molecular weight is 272 g/mol. The van der Waals surface area contributed by atoms with E-state index < -0.39 is 0 Å². The van der Waals surface area contributed by atoms with Gasteiger partial charge < -0.3 is 4.90 Å². The van der Waals surface area contributed by atoms with Crippen LogP contribution in [0.25, 0.3) is 0 Å². The Balaban J connectivity index is 2.00. The van der Waals surface area contributed by atoms with Crippen molar-refractivity contribution < 1.29 is 4.79 Å². The van der Waals surface area contributed by atoms with E-state index in [1.165, 1.54) is 12.8 Å². The third kappa shape index (κ3) is 3.46. The van der Waals surface area contributed by atoms with Crippen LogP contribution in [0.5, 0.6) is 0 Å². The van der Waals surface area contributed by atoms with E-state index in [0.29, 0.717) is 12.3 Å². The third-order valence-electron chi connectivity index (χ3n) is 3.28. The Hall–Kier alpha value is -0.540. The molecule has 1 aromatic heterocycles. The van der Waals surface area contributed by atoms with Crippen LogP contribution in [0.4, 0.5) is 0 Å². The smallest absolute Gasteiger partial charge is 0.228 e. The fourth-order valence-corrected chi connectivity index (χ4v) is 3.35. The molecular formula is C13H18ClNOS. The van der Waals surface area contributed by atoms with Gasteiger partial charge in [-0.15, -0.1) is 22.9 Å². The highest BCUT2D eigenvalue weighted by molar-refractivity contribution is 7.10. The summed E-state index contributed by atoms with van der Waals surface area (Å²) < 4.78 is 0. The standard InChI is InChI=1S/C13H18ClNOS/c14-10-11-5-2-1-3-7-15(11)13(16)9-12-6-4-8-17-12/h4,6,8,11H,1-3,5,7,9-10H2. The highest BCUT2D eigenvalue weighted by Gasteiger charge is 2.24. The molecule has 4 heteroatoms. The van der Waals surface area contributed by atoms with Crippen LogP contribution in [0.2, 0.25) is 0 Å². The summed E-state index contributed by atoms with van der Waals surface area (Å²) in [5.74, 6) is 0.802. The van der Waals surface area contributed by atoms with Crippen LogP contribution < -0.4 is 0 Å². The van der Waals surface area contributed by atoms with E-state index in [9.17, 15) is 4.79 Å². The number of thiophene rings is 1. The Kier molecular flexibility index (Phi) is 4.86. The van der Waals surface area contributed by atoms with Crippen molar-refractivity contribution in [3.63, 3.8) is 0 Å². The molecule has 1 amide bonds. The first-order valence-corrected chi connectivity index (χ1v) is 7.60. The molecule has 1 fully saturated rings.